The van der Waals surface area contributed by atoms with Gasteiger partial charge in [0.2, 0.25) is 0 Å². The van der Waals surface area contributed by atoms with Gasteiger partial charge < -0.3 is 19.5 Å². The molecule has 1 atom stereocenters. The predicted molar refractivity (Wildman–Crippen MR) is 121 cm³/mol. The van der Waals surface area contributed by atoms with Gasteiger partial charge in [-0.2, -0.15) is 0 Å². The second-order valence-electron chi connectivity index (χ2n) is 8.00. The molecule has 4 rings (SSSR count). The summed E-state index contributed by atoms with van der Waals surface area (Å²) in [5, 5.41) is 3.13. The standard InChI is InChI=1S/C25H29FN4O2/c1-2-32-20-9-7-19(8-10-20)17-30(15-4-14-29-16-13-27-18-29)25(31)28-24-12-11-21-22(24)5-3-6-23(21)26/h3,5-10,13,16,18,24H,2,4,11-12,14-15,17H2,1H3,(H,28,31). The topological polar surface area (TPSA) is 59.4 Å². The Balaban J connectivity index is 1.44. The Hall–Kier alpha value is -3.35. The van der Waals surface area contributed by atoms with Crippen molar-refractivity contribution in [1.82, 2.24) is 19.8 Å². The summed E-state index contributed by atoms with van der Waals surface area (Å²) in [6, 6.07) is 12.6. The van der Waals surface area contributed by atoms with Crippen molar-refractivity contribution in [2.45, 2.75) is 45.3 Å². The number of benzene rings is 2. The number of aromatic nitrogens is 2. The van der Waals surface area contributed by atoms with Gasteiger partial charge in [0.05, 0.1) is 19.0 Å². The van der Waals surface area contributed by atoms with Crippen LogP contribution in [0.2, 0.25) is 0 Å². The fourth-order valence-electron chi connectivity index (χ4n) is 4.19. The van der Waals surface area contributed by atoms with E-state index in [1.807, 2.05) is 52.9 Å². The van der Waals surface area contributed by atoms with E-state index in [-0.39, 0.29) is 17.9 Å². The molecule has 32 heavy (non-hydrogen) atoms. The number of fused-ring (bicyclic) bond motifs is 1. The van der Waals surface area contributed by atoms with Crippen molar-refractivity contribution in [2.75, 3.05) is 13.2 Å². The van der Waals surface area contributed by atoms with Crippen LogP contribution in [0.1, 0.15) is 42.5 Å². The molecule has 0 fully saturated rings. The Labute approximate surface area is 188 Å². The Bertz CT molecular complexity index is 1020. The molecular weight excluding hydrogens is 407 g/mol. The highest BCUT2D eigenvalue weighted by Gasteiger charge is 2.27. The van der Waals surface area contributed by atoms with Crippen molar-refractivity contribution in [3.63, 3.8) is 0 Å². The minimum Gasteiger partial charge on any atom is -0.494 e. The summed E-state index contributed by atoms with van der Waals surface area (Å²) in [6.45, 7) is 4.44. The van der Waals surface area contributed by atoms with Crippen LogP contribution in [0.15, 0.2) is 61.2 Å². The summed E-state index contributed by atoms with van der Waals surface area (Å²) < 4.78 is 21.6. The molecule has 7 heteroatoms. The summed E-state index contributed by atoms with van der Waals surface area (Å²) in [4.78, 5) is 19.1. The number of imidazole rings is 1. The van der Waals surface area contributed by atoms with Gasteiger partial charge in [-0.15, -0.1) is 0 Å². The zero-order valence-electron chi connectivity index (χ0n) is 18.3. The van der Waals surface area contributed by atoms with Gasteiger partial charge in [-0.1, -0.05) is 24.3 Å². The summed E-state index contributed by atoms with van der Waals surface area (Å²) in [5.41, 5.74) is 2.64. The molecule has 1 aromatic heterocycles. The molecule has 168 valence electrons. The smallest absolute Gasteiger partial charge is 0.318 e. The number of nitrogens with one attached hydrogen (secondary N) is 1. The van der Waals surface area contributed by atoms with Crippen LogP contribution in [0.25, 0.3) is 0 Å². The first-order chi connectivity index (χ1) is 15.6. The number of hydrogen-bond donors (Lipinski definition) is 1. The van der Waals surface area contributed by atoms with E-state index in [0.29, 0.717) is 32.5 Å². The molecule has 1 aliphatic carbocycles. The second kappa shape index (κ2) is 10.3. The second-order valence-corrected chi connectivity index (χ2v) is 8.00. The van der Waals surface area contributed by atoms with E-state index in [4.69, 9.17) is 4.74 Å². The number of ether oxygens (including phenoxy) is 1. The summed E-state index contributed by atoms with van der Waals surface area (Å²) in [7, 11) is 0. The lowest BCUT2D eigenvalue weighted by Crippen LogP contribution is -2.41. The molecule has 1 unspecified atom stereocenters. The Kier molecular flexibility index (Phi) is 7.04. The fourth-order valence-corrected chi connectivity index (χ4v) is 4.19. The van der Waals surface area contributed by atoms with Gasteiger partial charge in [0.1, 0.15) is 11.6 Å². The maximum atomic E-state index is 14.1. The van der Waals surface area contributed by atoms with Gasteiger partial charge in [0.25, 0.3) is 0 Å². The van der Waals surface area contributed by atoms with Crippen molar-refractivity contribution < 1.29 is 13.9 Å². The van der Waals surface area contributed by atoms with Gasteiger partial charge in [0, 0.05) is 32.0 Å². The molecule has 0 saturated carbocycles. The van der Waals surface area contributed by atoms with Gasteiger partial charge in [-0.25, -0.2) is 14.2 Å². The number of urea groups is 1. The highest BCUT2D eigenvalue weighted by molar-refractivity contribution is 5.75. The van der Waals surface area contributed by atoms with Crippen LogP contribution in [0.3, 0.4) is 0 Å². The van der Waals surface area contributed by atoms with Gasteiger partial charge in [0.15, 0.2) is 0 Å². The average Bonchev–Trinajstić information content (AvgIpc) is 3.45. The van der Waals surface area contributed by atoms with Crippen LogP contribution >= 0.6 is 0 Å². The number of hydrogen-bond acceptors (Lipinski definition) is 3. The maximum Gasteiger partial charge on any atom is 0.318 e. The number of rotatable bonds is 9. The van der Waals surface area contributed by atoms with Gasteiger partial charge in [-0.05, 0) is 61.1 Å². The highest BCUT2D eigenvalue weighted by atomic mass is 19.1. The summed E-state index contributed by atoms with van der Waals surface area (Å²) in [6.07, 6.45) is 7.61. The zero-order chi connectivity index (χ0) is 22.3. The molecule has 0 bridgehead atoms. The summed E-state index contributed by atoms with van der Waals surface area (Å²) >= 11 is 0. The molecule has 1 N–H and O–H groups in total. The van der Waals surface area contributed by atoms with E-state index in [1.165, 1.54) is 6.07 Å². The maximum absolute atomic E-state index is 14.1. The van der Waals surface area contributed by atoms with E-state index in [2.05, 4.69) is 10.3 Å². The fraction of sp³-hybridized carbons (Fsp3) is 0.360. The molecule has 1 heterocycles. The Morgan fingerprint density at radius 2 is 2.12 bits per heavy atom. The van der Waals surface area contributed by atoms with Crippen molar-refractivity contribution in [3.8, 4) is 5.75 Å². The van der Waals surface area contributed by atoms with E-state index >= 15 is 0 Å². The molecule has 3 aromatic rings. The van der Waals surface area contributed by atoms with Crippen LogP contribution in [-0.4, -0.2) is 33.6 Å². The quantitative estimate of drug-likeness (QED) is 0.529. The van der Waals surface area contributed by atoms with Crippen LogP contribution in [-0.2, 0) is 19.5 Å². The molecule has 6 nitrogen and oxygen atoms in total. The third kappa shape index (κ3) is 5.28. The first kappa shape index (κ1) is 21.9. The zero-order valence-corrected chi connectivity index (χ0v) is 18.3. The summed E-state index contributed by atoms with van der Waals surface area (Å²) in [5.74, 6) is 0.628. The average molecular weight is 437 g/mol. The molecule has 0 aliphatic heterocycles. The third-order valence-corrected chi connectivity index (χ3v) is 5.81. The molecular formula is C25H29FN4O2. The molecule has 2 amide bonds. The predicted octanol–water partition coefficient (Wildman–Crippen LogP) is 4.71. The first-order valence-electron chi connectivity index (χ1n) is 11.1. The lowest BCUT2D eigenvalue weighted by Gasteiger charge is -2.26. The minimum atomic E-state index is -0.189. The van der Waals surface area contributed by atoms with Crippen molar-refractivity contribution in [2.24, 2.45) is 0 Å². The van der Waals surface area contributed by atoms with Crippen LogP contribution < -0.4 is 10.1 Å². The van der Waals surface area contributed by atoms with Crippen LogP contribution in [0.4, 0.5) is 9.18 Å². The highest BCUT2D eigenvalue weighted by Crippen LogP contribution is 2.32. The van der Waals surface area contributed by atoms with Crippen molar-refractivity contribution in [3.05, 3.63) is 83.7 Å². The number of carbonyl (C=O) groups is 1. The van der Waals surface area contributed by atoms with Gasteiger partial charge >= 0.3 is 6.03 Å². The van der Waals surface area contributed by atoms with E-state index in [1.54, 1.807) is 18.6 Å². The number of carbonyl (C=O) groups excluding carboxylic acids is 1. The lowest BCUT2D eigenvalue weighted by molar-refractivity contribution is 0.189. The SMILES string of the molecule is CCOc1ccc(CN(CCCn2ccnc2)C(=O)NC2CCc3c(F)cccc32)cc1. The molecule has 0 spiro atoms. The number of amides is 2. The van der Waals surface area contributed by atoms with Crippen LogP contribution in [0.5, 0.6) is 5.75 Å². The van der Waals surface area contributed by atoms with E-state index in [9.17, 15) is 9.18 Å². The molecule has 1 aliphatic rings. The van der Waals surface area contributed by atoms with Crippen molar-refractivity contribution in [1.29, 1.82) is 0 Å². The third-order valence-electron chi connectivity index (χ3n) is 5.81. The first-order valence-corrected chi connectivity index (χ1v) is 11.1. The van der Waals surface area contributed by atoms with E-state index < -0.39 is 0 Å². The lowest BCUT2D eigenvalue weighted by atomic mass is 10.1. The minimum absolute atomic E-state index is 0.133. The molecule has 0 radical (unpaired) electrons. The van der Waals surface area contributed by atoms with E-state index in [0.717, 1.165) is 35.4 Å². The largest absolute Gasteiger partial charge is 0.494 e. The van der Waals surface area contributed by atoms with Gasteiger partial charge in [-0.3, -0.25) is 0 Å². The normalized spacial score (nSPS) is 14.8. The molecule has 2 aromatic carbocycles. The van der Waals surface area contributed by atoms with Crippen molar-refractivity contribution >= 4 is 6.03 Å². The molecule has 0 saturated heterocycles. The number of nitrogens with zero attached hydrogens (tertiary/aromatic N) is 3. The van der Waals surface area contributed by atoms with Crippen LogP contribution in [0, 0.1) is 5.82 Å². The Morgan fingerprint density at radius 1 is 1.28 bits per heavy atom. The monoisotopic (exact) mass is 436 g/mol. The number of aryl methyl sites for hydroxylation is 1. The number of halogens is 1. The Morgan fingerprint density at radius 3 is 2.88 bits per heavy atom.